The van der Waals surface area contributed by atoms with E-state index in [0.29, 0.717) is 5.88 Å². The van der Waals surface area contributed by atoms with Crippen molar-refractivity contribution < 1.29 is 0 Å². The van der Waals surface area contributed by atoms with Crippen molar-refractivity contribution in [2.75, 3.05) is 0 Å². The molecule has 1 fully saturated rings. The van der Waals surface area contributed by atoms with Gasteiger partial charge in [0, 0.05) is 12.7 Å². The number of fused-ring (bicyclic) bond motifs is 1. The average Bonchev–Trinajstić information content (AvgIpc) is 2.79. The van der Waals surface area contributed by atoms with Crippen LogP contribution in [0.3, 0.4) is 0 Å². The molecule has 20 heavy (non-hydrogen) atoms. The second-order valence-electron chi connectivity index (χ2n) is 6.21. The minimum absolute atomic E-state index is 0.456. The molecule has 2 aromatic heterocycles. The van der Waals surface area contributed by atoms with Gasteiger partial charge in [-0.2, -0.15) is 0 Å². The van der Waals surface area contributed by atoms with Gasteiger partial charge < -0.3 is 4.57 Å². The van der Waals surface area contributed by atoms with Crippen LogP contribution in [0.2, 0.25) is 0 Å². The number of aryl methyl sites for hydroxylation is 1. The van der Waals surface area contributed by atoms with Crippen molar-refractivity contribution in [2.45, 2.75) is 52.0 Å². The third-order valence-electron chi connectivity index (χ3n) is 4.52. The number of halogens is 1. The van der Waals surface area contributed by atoms with Crippen molar-refractivity contribution in [3.05, 3.63) is 23.7 Å². The van der Waals surface area contributed by atoms with Crippen LogP contribution in [0, 0.1) is 18.8 Å². The largest absolute Gasteiger partial charge is 0.311 e. The topological polar surface area (TPSA) is 30.7 Å². The summed E-state index contributed by atoms with van der Waals surface area (Å²) in [6.07, 6.45) is 7.23. The smallest absolute Gasteiger partial charge is 0.160 e. The highest BCUT2D eigenvalue weighted by atomic mass is 35.5. The van der Waals surface area contributed by atoms with E-state index >= 15 is 0 Å². The van der Waals surface area contributed by atoms with Crippen LogP contribution in [0.15, 0.2) is 12.3 Å². The quantitative estimate of drug-likeness (QED) is 0.789. The fraction of sp³-hybridized carbons (Fsp3) is 0.625. The van der Waals surface area contributed by atoms with Crippen molar-refractivity contribution in [3.63, 3.8) is 0 Å². The molecular formula is C16H22ClN3. The first kappa shape index (κ1) is 13.9. The van der Waals surface area contributed by atoms with E-state index in [1.165, 1.54) is 31.2 Å². The number of pyridine rings is 1. The highest BCUT2D eigenvalue weighted by Gasteiger charge is 2.22. The summed E-state index contributed by atoms with van der Waals surface area (Å²) in [5, 5.41) is 0. The number of hydrogen-bond acceptors (Lipinski definition) is 2. The Morgan fingerprint density at radius 1 is 1.40 bits per heavy atom. The average molecular weight is 292 g/mol. The molecule has 0 N–H and O–H groups in total. The van der Waals surface area contributed by atoms with Crippen LogP contribution in [0.5, 0.6) is 0 Å². The molecule has 0 aliphatic heterocycles. The van der Waals surface area contributed by atoms with Crippen molar-refractivity contribution >= 4 is 22.8 Å². The molecule has 3 rings (SSSR count). The molecule has 1 saturated carbocycles. The monoisotopic (exact) mass is 291 g/mol. The number of alkyl halides is 1. The molecule has 108 valence electrons. The van der Waals surface area contributed by atoms with Crippen molar-refractivity contribution in [1.82, 2.24) is 14.5 Å². The van der Waals surface area contributed by atoms with Gasteiger partial charge in [-0.05, 0) is 43.2 Å². The molecule has 2 heterocycles. The summed E-state index contributed by atoms with van der Waals surface area (Å²) >= 11 is 6.09. The summed E-state index contributed by atoms with van der Waals surface area (Å²) in [5.41, 5.74) is 3.18. The molecule has 2 unspecified atom stereocenters. The second kappa shape index (κ2) is 5.72. The van der Waals surface area contributed by atoms with Gasteiger partial charge in [0.05, 0.1) is 5.88 Å². The van der Waals surface area contributed by atoms with Gasteiger partial charge in [0.2, 0.25) is 0 Å². The summed E-state index contributed by atoms with van der Waals surface area (Å²) in [6, 6.07) is 2.01. The van der Waals surface area contributed by atoms with Crippen LogP contribution in [0.25, 0.3) is 11.2 Å². The minimum Gasteiger partial charge on any atom is -0.311 e. The molecule has 2 atom stereocenters. The Bertz CT molecular complexity index is 605. The van der Waals surface area contributed by atoms with Crippen molar-refractivity contribution in [3.8, 4) is 0 Å². The molecule has 0 radical (unpaired) electrons. The van der Waals surface area contributed by atoms with Crippen LogP contribution in [-0.2, 0) is 12.4 Å². The van der Waals surface area contributed by atoms with E-state index in [0.717, 1.165) is 35.4 Å². The molecule has 2 aromatic rings. The maximum atomic E-state index is 6.09. The lowest BCUT2D eigenvalue weighted by molar-refractivity contribution is 0.257. The van der Waals surface area contributed by atoms with Gasteiger partial charge in [0.1, 0.15) is 11.3 Å². The van der Waals surface area contributed by atoms with Gasteiger partial charge in [-0.1, -0.05) is 19.8 Å². The predicted molar refractivity (Wildman–Crippen MR) is 82.9 cm³/mol. The summed E-state index contributed by atoms with van der Waals surface area (Å²) in [7, 11) is 0. The van der Waals surface area contributed by atoms with E-state index in [-0.39, 0.29) is 0 Å². The third kappa shape index (κ3) is 2.56. The molecule has 3 nitrogen and oxygen atoms in total. The molecule has 1 aliphatic rings. The zero-order valence-corrected chi connectivity index (χ0v) is 13.0. The molecule has 0 bridgehead atoms. The van der Waals surface area contributed by atoms with Gasteiger partial charge >= 0.3 is 0 Å². The van der Waals surface area contributed by atoms with E-state index in [4.69, 9.17) is 11.6 Å². The lowest BCUT2D eigenvalue weighted by Gasteiger charge is -2.27. The van der Waals surface area contributed by atoms with Crippen LogP contribution in [-0.4, -0.2) is 14.5 Å². The summed E-state index contributed by atoms with van der Waals surface area (Å²) in [4.78, 5) is 9.22. The maximum absolute atomic E-state index is 6.09. The summed E-state index contributed by atoms with van der Waals surface area (Å²) in [5.74, 6) is 3.00. The van der Waals surface area contributed by atoms with E-state index in [1.54, 1.807) is 0 Å². The second-order valence-corrected chi connectivity index (χ2v) is 6.48. The van der Waals surface area contributed by atoms with Crippen molar-refractivity contribution in [1.29, 1.82) is 0 Å². The van der Waals surface area contributed by atoms with E-state index in [1.807, 2.05) is 12.3 Å². The zero-order chi connectivity index (χ0) is 14.1. The Morgan fingerprint density at radius 2 is 2.25 bits per heavy atom. The molecule has 0 aromatic carbocycles. The van der Waals surface area contributed by atoms with E-state index < -0.39 is 0 Å². The van der Waals surface area contributed by atoms with Crippen LogP contribution in [0.1, 0.15) is 44.0 Å². The number of aromatic nitrogens is 3. The summed E-state index contributed by atoms with van der Waals surface area (Å²) < 4.78 is 2.25. The molecule has 0 amide bonds. The normalized spacial score (nSPS) is 23.4. The number of hydrogen-bond donors (Lipinski definition) is 0. The SMILES string of the molecule is Cc1ccnc2c1nc(CCl)n2CC1CCCC(C)C1. The third-order valence-corrected chi connectivity index (χ3v) is 4.76. The lowest BCUT2D eigenvalue weighted by atomic mass is 9.82. The molecule has 1 aliphatic carbocycles. The highest BCUT2D eigenvalue weighted by Crippen LogP contribution is 2.31. The number of rotatable bonds is 3. The first-order chi connectivity index (χ1) is 9.69. The molecule has 0 saturated heterocycles. The lowest BCUT2D eigenvalue weighted by Crippen LogP contribution is -2.19. The standard InChI is InChI=1S/C16H22ClN3/c1-11-4-3-5-13(8-11)10-20-14(9-17)19-15-12(2)6-7-18-16(15)20/h6-7,11,13H,3-5,8-10H2,1-2H3. The molecule has 0 spiro atoms. The van der Waals surface area contributed by atoms with Gasteiger partial charge in [-0.25, -0.2) is 9.97 Å². The summed E-state index contributed by atoms with van der Waals surface area (Å²) in [6.45, 7) is 5.46. The van der Waals surface area contributed by atoms with E-state index in [9.17, 15) is 0 Å². The number of imidazole rings is 1. The molecule has 4 heteroatoms. The Morgan fingerprint density at radius 3 is 3.00 bits per heavy atom. The fourth-order valence-corrected chi connectivity index (χ4v) is 3.67. The molecular weight excluding hydrogens is 270 g/mol. The van der Waals surface area contributed by atoms with Gasteiger partial charge in [-0.3, -0.25) is 0 Å². The zero-order valence-electron chi connectivity index (χ0n) is 12.3. The van der Waals surface area contributed by atoms with Crippen LogP contribution < -0.4 is 0 Å². The van der Waals surface area contributed by atoms with Gasteiger partial charge in [0.15, 0.2) is 5.65 Å². The number of nitrogens with zero attached hydrogens (tertiary/aromatic N) is 3. The first-order valence-corrected chi connectivity index (χ1v) is 8.09. The van der Waals surface area contributed by atoms with Gasteiger partial charge in [0.25, 0.3) is 0 Å². The van der Waals surface area contributed by atoms with Gasteiger partial charge in [-0.15, -0.1) is 11.6 Å². The fourth-order valence-electron chi connectivity index (χ4n) is 3.46. The first-order valence-electron chi connectivity index (χ1n) is 7.55. The van der Waals surface area contributed by atoms with Crippen LogP contribution >= 0.6 is 11.6 Å². The van der Waals surface area contributed by atoms with E-state index in [2.05, 4.69) is 28.4 Å². The maximum Gasteiger partial charge on any atom is 0.160 e. The highest BCUT2D eigenvalue weighted by molar-refractivity contribution is 6.16. The Kier molecular flexibility index (Phi) is 3.97. The Labute approximate surface area is 125 Å². The Balaban J connectivity index is 1.95. The van der Waals surface area contributed by atoms with Crippen molar-refractivity contribution in [2.24, 2.45) is 11.8 Å². The minimum atomic E-state index is 0.456. The predicted octanol–water partition coefficient (Wildman–Crippen LogP) is 4.30. The van der Waals surface area contributed by atoms with Crippen LogP contribution in [0.4, 0.5) is 0 Å². The Hall–Kier alpha value is -1.09.